The summed E-state index contributed by atoms with van der Waals surface area (Å²) in [5.74, 6) is -0.786. The van der Waals surface area contributed by atoms with Crippen molar-refractivity contribution in [1.29, 1.82) is 0 Å². The molecule has 3 rings (SSSR count). The topological polar surface area (TPSA) is 67.0 Å². The highest BCUT2D eigenvalue weighted by atomic mass is 19.1. The molecule has 1 aliphatic heterocycles. The number of hydrogen-bond acceptors (Lipinski definition) is 3. The summed E-state index contributed by atoms with van der Waals surface area (Å²) in [5.41, 5.74) is 0.636. The number of carbonyl (C=O) groups is 1. The molecular weight excluding hydrogens is 249 g/mol. The van der Waals surface area contributed by atoms with E-state index in [1.165, 1.54) is 6.07 Å². The van der Waals surface area contributed by atoms with Gasteiger partial charge in [-0.3, -0.25) is 9.89 Å². The Morgan fingerprint density at radius 1 is 1.42 bits per heavy atom. The van der Waals surface area contributed by atoms with Crippen molar-refractivity contribution in [1.82, 2.24) is 15.5 Å². The maximum Gasteiger partial charge on any atom is 0.272 e. The van der Waals surface area contributed by atoms with Crippen LogP contribution in [0.2, 0.25) is 0 Å². The number of aromatic nitrogens is 2. The Balaban J connectivity index is 1.85. The van der Waals surface area contributed by atoms with Crippen LogP contribution in [0.3, 0.4) is 0 Å². The Labute approximate surface area is 109 Å². The van der Waals surface area contributed by atoms with Crippen LogP contribution in [0.5, 0.6) is 0 Å². The molecule has 2 N–H and O–H groups in total. The van der Waals surface area contributed by atoms with Crippen LogP contribution in [-0.2, 0) is 4.74 Å². The average Bonchev–Trinajstić information content (AvgIpc) is 2.85. The lowest BCUT2D eigenvalue weighted by molar-refractivity contribution is 0.0695. The van der Waals surface area contributed by atoms with Crippen molar-refractivity contribution in [2.24, 2.45) is 0 Å². The molecule has 0 atom stereocenters. The van der Waals surface area contributed by atoms with E-state index in [0.717, 1.165) is 12.8 Å². The molecule has 1 amide bonds. The van der Waals surface area contributed by atoms with Gasteiger partial charge in [0.15, 0.2) is 5.69 Å². The van der Waals surface area contributed by atoms with E-state index in [0.29, 0.717) is 18.7 Å². The highest BCUT2D eigenvalue weighted by Gasteiger charge is 2.21. The summed E-state index contributed by atoms with van der Waals surface area (Å²) >= 11 is 0. The number of amides is 1. The van der Waals surface area contributed by atoms with Gasteiger partial charge in [-0.15, -0.1) is 0 Å². The van der Waals surface area contributed by atoms with Gasteiger partial charge in [0, 0.05) is 19.3 Å². The molecule has 1 fully saturated rings. The van der Waals surface area contributed by atoms with Crippen LogP contribution in [-0.4, -0.2) is 35.4 Å². The summed E-state index contributed by atoms with van der Waals surface area (Å²) in [7, 11) is 0. The average molecular weight is 263 g/mol. The number of hydrogen-bond donors (Lipinski definition) is 2. The lowest BCUT2D eigenvalue weighted by atomic mass is 10.1. The first-order valence-electron chi connectivity index (χ1n) is 6.27. The standard InChI is InChI=1S/C13H14FN3O2/c14-9-2-1-3-10-11(9)12(17-16-10)13(18)15-8-4-6-19-7-5-8/h1-3,8H,4-7H2,(H,15,18)(H,16,17). The number of halogens is 1. The van der Waals surface area contributed by atoms with E-state index in [-0.39, 0.29) is 23.0 Å². The predicted octanol–water partition coefficient (Wildman–Crippen LogP) is 1.61. The fourth-order valence-electron chi connectivity index (χ4n) is 2.29. The third-order valence-corrected chi connectivity index (χ3v) is 3.31. The minimum absolute atomic E-state index is 0.0692. The molecule has 0 radical (unpaired) electrons. The van der Waals surface area contributed by atoms with Crippen molar-refractivity contribution in [2.75, 3.05) is 13.2 Å². The van der Waals surface area contributed by atoms with E-state index >= 15 is 0 Å². The molecule has 0 spiro atoms. The molecule has 0 saturated carbocycles. The van der Waals surface area contributed by atoms with Crippen molar-refractivity contribution in [2.45, 2.75) is 18.9 Å². The van der Waals surface area contributed by atoms with Gasteiger partial charge in [-0.25, -0.2) is 4.39 Å². The molecule has 1 aromatic carbocycles. The first kappa shape index (κ1) is 12.1. The predicted molar refractivity (Wildman–Crippen MR) is 67.4 cm³/mol. The zero-order valence-electron chi connectivity index (χ0n) is 10.3. The number of fused-ring (bicyclic) bond motifs is 1. The van der Waals surface area contributed by atoms with Crippen LogP contribution < -0.4 is 5.32 Å². The summed E-state index contributed by atoms with van der Waals surface area (Å²) in [6, 6.07) is 4.66. The van der Waals surface area contributed by atoms with Crippen molar-refractivity contribution >= 4 is 16.8 Å². The highest BCUT2D eigenvalue weighted by molar-refractivity contribution is 6.04. The van der Waals surface area contributed by atoms with Crippen molar-refractivity contribution in [3.05, 3.63) is 29.7 Å². The molecular formula is C13H14FN3O2. The molecule has 6 heteroatoms. The zero-order chi connectivity index (χ0) is 13.2. The summed E-state index contributed by atoms with van der Waals surface area (Å²) in [6.45, 7) is 1.28. The van der Waals surface area contributed by atoms with Crippen LogP contribution in [0.25, 0.3) is 10.9 Å². The SMILES string of the molecule is O=C(NC1CCOCC1)c1n[nH]c2cccc(F)c12. The molecule has 0 aliphatic carbocycles. The Morgan fingerprint density at radius 2 is 2.21 bits per heavy atom. The smallest absolute Gasteiger partial charge is 0.272 e. The third kappa shape index (κ3) is 2.31. The minimum atomic E-state index is -0.441. The van der Waals surface area contributed by atoms with Gasteiger partial charge in [0.25, 0.3) is 5.91 Å². The van der Waals surface area contributed by atoms with E-state index in [9.17, 15) is 9.18 Å². The molecule has 1 aromatic heterocycles. The monoisotopic (exact) mass is 263 g/mol. The molecule has 5 nitrogen and oxygen atoms in total. The second-order valence-electron chi connectivity index (χ2n) is 4.59. The third-order valence-electron chi connectivity index (χ3n) is 3.31. The fourth-order valence-corrected chi connectivity index (χ4v) is 2.29. The molecule has 2 heterocycles. The number of carbonyl (C=O) groups excluding carboxylic acids is 1. The minimum Gasteiger partial charge on any atom is -0.381 e. The van der Waals surface area contributed by atoms with Crippen LogP contribution in [0, 0.1) is 5.82 Å². The fraction of sp³-hybridized carbons (Fsp3) is 0.385. The summed E-state index contributed by atoms with van der Waals surface area (Å²) < 4.78 is 19.0. The lowest BCUT2D eigenvalue weighted by Crippen LogP contribution is -2.39. The molecule has 0 bridgehead atoms. The number of nitrogens with one attached hydrogen (secondary N) is 2. The number of rotatable bonds is 2. The molecule has 0 unspecified atom stereocenters. The maximum absolute atomic E-state index is 13.8. The van der Waals surface area contributed by atoms with Gasteiger partial charge in [0.2, 0.25) is 0 Å². The molecule has 1 saturated heterocycles. The number of H-pyrrole nitrogens is 1. The normalized spacial score (nSPS) is 16.7. The van der Waals surface area contributed by atoms with E-state index in [1.807, 2.05) is 0 Å². The second-order valence-corrected chi connectivity index (χ2v) is 4.59. The summed E-state index contributed by atoms with van der Waals surface area (Å²) in [5, 5.41) is 9.70. The quantitative estimate of drug-likeness (QED) is 0.865. The Hall–Kier alpha value is -1.95. The number of nitrogens with zero attached hydrogens (tertiary/aromatic N) is 1. The van der Waals surface area contributed by atoms with E-state index < -0.39 is 5.82 Å². The molecule has 100 valence electrons. The Kier molecular flexibility index (Phi) is 3.16. The lowest BCUT2D eigenvalue weighted by Gasteiger charge is -2.22. The number of ether oxygens (including phenoxy) is 1. The zero-order valence-corrected chi connectivity index (χ0v) is 10.3. The molecule has 1 aliphatic rings. The van der Waals surface area contributed by atoms with Gasteiger partial charge >= 0.3 is 0 Å². The van der Waals surface area contributed by atoms with Crippen LogP contribution in [0.4, 0.5) is 4.39 Å². The van der Waals surface area contributed by atoms with Crippen LogP contribution in [0.15, 0.2) is 18.2 Å². The molecule has 19 heavy (non-hydrogen) atoms. The van der Waals surface area contributed by atoms with Gasteiger partial charge in [-0.1, -0.05) is 6.07 Å². The van der Waals surface area contributed by atoms with Crippen molar-refractivity contribution in [3.8, 4) is 0 Å². The van der Waals surface area contributed by atoms with Gasteiger partial charge < -0.3 is 10.1 Å². The van der Waals surface area contributed by atoms with Crippen LogP contribution >= 0.6 is 0 Å². The Bertz CT molecular complexity index is 605. The van der Waals surface area contributed by atoms with Crippen molar-refractivity contribution in [3.63, 3.8) is 0 Å². The van der Waals surface area contributed by atoms with Crippen LogP contribution in [0.1, 0.15) is 23.3 Å². The van der Waals surface area contributed by atoms with Gasteiger partial charge in [0.05, 0.1) is 10.9 Å². The van der Waals surface area contributed by atoms with Gasteiger partial charge in [-0.2, -0.15) is 5.10 Å². The Morgan fingerprint density at radius 3 is 3.00 bits per heavy atom. The summed E-state index contributed by atoms with van der Waals surface area (Å²) in [6.07, 6.45) is 1.55. The number of benzene rings is 1. The van der Waals surface area contributed by atoms with Crippen molar-refractivity contribution < 1.29 is 13.9 Å². The second kappa shape index (κ2) is 4.97. The molecule has 2 aromatic rings. The summed E-state index contributed by atoms with van der Waals surface area (Å²) in [4.78, 5) is 12.1. The van der Waals surface area contributed by atoms with E-state index in [2.05, 4.69) is 15.5 Å². The first-order valence-corrected chi connectivity index (χ1v) is 6.27. The van der Waals surface area contributed by atoms with E-state index in [4.69, 9.17) is 4.74 Å². The van der Waals surface area contributed by atoms with Gasteiger partial charge in [0.1, 0.15) is 5.82 Å². The largest absolute Gasteiger partial charge is 0.381 e. The number of aromatic amines is 1. The van der Waals surface area contributed by atoms with E-state index in [1.54, 1.807) is 12.1 Å². The maximum atomic E-state index is 13.8. The highest BCUT2D eigenvalue weighted by Crippen LogP contribution is 2.19. The first-order chi connectivity index (χ1) is 9.25. The van der Waals surface area contributed by atoms with Gasteiger partial charge in [-0.05, 0) is 25.0 Å².